The number of nitrogens with zero attached hydrogens (tertiary/aromatic N) is 2. The van der Waals surface area contributed by atoms with Crippen molar-refractivity contribution >= 4 is 29.0 Å². The maximum atomic E-state index is 13.9. The van der Waals surface area contributed by atoms with E-state index >= 15 is 0 Å². The van der Waals surface area contributed by atoms with E-state index in [0.717, 1.165) is 29.7 Å². The fourth-order valence-electron chi connectivity index (χ4n) is 6.06. The predicted octanol–water partition coefficient (Wildman–Crippen LogP) is 4.39. The molecule has 3 atom stereocenters. The first-order valence-electron chi connectivity index (χ1n) is 15.7. The number of benzene rings is 2. The third-order valence-corrected chi connectivity index (χ3v) is 8.78. The van der Waals surface area contributed by atoms with Crippen LogP contribution in [0.1, 0.15) is 71.4 Å². The number of carbonyl (C=O) groups is 3. The number of rotatable bonds is 9. The molecular weight excluding hydrogens is 563 g/mol. The van der Waals surface area contributed by atoms with Gasteiger partial charge in [0.2, 0.25) is 11.8 Å². The van der Waals surface area contributed by atoms with Crippen LogP contribution >= 0.6 is 0 Å². The number of anilines is 1. The normalized spacial score (nSPS) is 21.4. The molecule has 1 saturated heterocycles. The van der Waals surface area contributed by atoms with Crippen molar-refractivity contribution in [2.24, 2.45) is 22.4 Å². The number of para-hydroxylation sites is 2. The summed E-state index contributed by atoms with van der Waals surface area (Å²) in [5.74, 6) is 0.0389. The van der Waals surface area contributed by atoms with E-state index in [9.17, 15) is 23.9 Å². The Bertz CT molecular complexity index is 1390. The summed E-state index contributed by atoms with van der Waals surface area (Å²) >= 11 is 0. The average Bonchev–Trinajstić information content (AvgIpc) is 3.02. The van der Waals surface area contributed by atoms with Gasteiger partial charge in [-0.2, -0.15) is 10.1 Å². The first-order valence-corrected chi connectivity index (χ1v) is 15.7. The van der Waals surface area contributed by atoms with Crippen LogP contribution in [0.25, 0.3) is 0 Å². The van der Waals surface area contributed by atoms with Gasteiger partial charge < -0.3 is 20.5 Å². The number of amides is 2. The van der Waals surface area contributed by atoms with Crippen LogP contribution in [0.4, 0.5) is 10.1 Å². The number of fused-ring (bicyclic) bond motifs is 3. The summed E-state index contributed by atoms with van der Waals surface area (Å²) in [5, 5.41) is 22.2. The zero-order valence-corrected chi connectivity index (χ0v) is 26.4. The Morgan fingerprint density at radius 1 is 1.16 bits per heavy atom. The Morgan fingerprint density at radius 3 is 2.57 bits per heavy atom. The summed E-state index contributed by atoms with van der Waals surface area (Å²) < 4.78 is 19.8. The lowest BCUT2D eigenvalue weighted by molar-refractivity contribution is -0.148. The van der Waals surface area contributed by atoms with Crippen LogP contribution < -0.4 is 20.4 Å². The molecular formula is C34H45FN4O5. The molecule has 2 unspecified atom stereocenters. The van der Waals surface area contributed by atoms with Crippen LogP contribution in [-0.4, -0.2) is 60.3 Å². The molecule has 3 N–H and O–H groups in total. The second kappa shape index (κ2) is 14.4. The molecule has 3 aliphatic rings. The van der Waals surface area contributed by atoms with Crippen LogP contribution in [-0.2, 0) is 20.8 Å². The van der Waals surface area contributed by atoms with Crippen molar-refractivity contribution in [2.75, 3.05) is 24.7 Å². The van der Waals surface area contributed by atoms with Gasteiger partial charge in [-0.3, -0.25) is 14.4 Å². The number of ether oxygens (including phenoxy) is 1. The molecule has 2 aromatic carbocycles. The van der Waals surface area contributed by atoms with E-state index in [1.54, 1.807) is 18.2 Å². The Balaban J connectivity index is 0.000000285. The van der Waals surface area contributed by atoms with Gasteiger partial charge in [-0.05, 0) is 55.5 Å². The minimum atomic E-state index is -0.738. The number of piperidine rings is 1. The number of halogens is 1. The van der Waals surface area contributed by atoms with E-state index in [-0.39, 0.29) is 47.9 Å². The molecule has 1 fully saturated rings. The number of aliphatic hydroxyl groups excluding tert-OH is 1. The van der Waals surface area contributed by atoms with E-state index in [2.05, 4.69) is 15.7 Å². The van der Waals surface area contributed by atoms with Crippen molar-refractivity contribution in [3.05, 3.63) is 59.4 Å². The predicted molar refractivity (Wildman–Crippen MR) is 168 cm³/mol. The third-order valence-electron chi connectivity index (χ3n) is 8.78. The summed E-state index contributed by atoms with van der Waals surface area (Å²) in [6.07, 6.45) is 2.50. The Morgan fingerprint density at radius 2 is 1.89 bits per heavy atom. The number of hydrogen-bond donors (Lipinski definition) is 3. The van der Waals surface area contributed by atoms with E-state index in [4.69, 9.17) is 4.74 Å². The maximum absolute atomic E-state index is 13.9. The third kappa shape index (κ3) is 7.18. The Kier molecular flexibility index (Phi) is 10.9. The summed E-state index contributed by atoms with van der Waals surface area (Å²) in [6, 6.07) is 12.2. The summed E-state index contributed by atoms with van der Waals surface area (Å²) in [5.41, 5.74) is 2.36. The lowest BCUT2D eigenvalue weighted by atomic mass is 9.71. The maximum Gasteiger partial charge on any atom is 0.248 e. The molecule has 10 heteroatoms. The molecule has 2 aliphatic heterocycles. The highest BCUT2D eigenvalue weighted by atomic mass is 19.1. The van der Waals surface area contributed by atoms with Crippen LogP contribution in [0.2, 0.25) is 0 Å². The van der Waals surface area contributed by atoms with Gasteiger partial charge in [0.15, 0.2) is 5.78 Å². The highest BCUT2D eigenvalue weighted by molar-refractivity contribution is 6.12. The molecule has 1 aliphatic carbocycles. The SMILES string of the molecule is CC(C)NCC(O)COc1ccccc1N1N=C2c3cc(F)ccc3CCC2CC1=O.CCC1(CC)C(=O)NC[C@@H](C)C1=O. The Labute approximate surface area is 259 Å². The molecule has 0 radical (unpaired) electrons. The van der Waals surface area contributed by atoms with Gasteiger partial charge in [-0.25, -0.2) is 4.39 Å². The smallest absolute Gasteiger partial charge is 0.248 e. The van der Waals surface area contributed by atoms with Crippen LogP contribution in [0, 0.1) is 23.1 Å². The lowest BCUT2D eigenvalue weighted by Crippen LogP contribution is -2.55. The molecule has 2 aromatic rings. The molecule has 9 nitrogen and oxygen atoms in total. The van der Waals surface area contributed by atoms with Crippen molar-refractivity contribution in [1.82, 2.24) is 10.6 Å². The molecule has 0 aromatic heterocycles. The number of nitrogens with one attached hydrogen (secondary N) is 2. The van der Waals surface area contributed by atoms with Gasteiger partial charge >= 0.3 is 0 Å². The zero-order valence-electron chi connectivity index (χ0n) is 26.4. The van der Waals surface area contributed by atoms with Crippen molar-refractivity contribution in [2.45, 2.75) is 78.9 Å². The molecule has 0 saturated carbocycles. The molecule has 238 valence electrons. The number of hydrogen-bond acceptors (Lipinski definition) is 7. The van der Waals surface area contributed by atoms with Gasteiger partial charge in [0.25, 0.3) is 0 Å². The van der Waals surface area contributed by atoms with Crippen molar-refractivity contribution in [3.63, 3.8) is 0 Å². The number of ketones is 1. The molecule has 0 bridgehead atoms. The van der Waals surface area contributed by atoms with E-state index in [0.29, 0.717) is 43.8 Å². The molecule has 2 amide bonds. The number of aryl methyl sites for hydroxylation is 1. The molecule has 0 spiro atoms. The fourth-order valence-corrected chi connectivity index (χ4v) is 6.06. The highest BCUT2D eigenvalue weighted by Gasteiger charge is 2.47. The number of aliphatic hydroxyl groups is 1. The van der Waals surface area contributed by atoms with Gasteiger partial charge in [0.1, 0.15) is 35.4 Å². The second-order valence-electron chi connectivity index (χ2n) is 12.2. The van der Waals surface area contributed by atoms with Crippen LogP contribution in [0.15, 0.2) is 47.6 Å². The molecule has 5 rings (SSSR count). The number of hydrazone groups is 1. The minimum absolute atomic E-state index is 0.00457. The van der Waals surface area contributed by atoms with E-state index in [1.807, 2.05) is 46.8 Å². The highest BCUT2D eigenvalue weighted by Crippen LogP contribution is 2.37. The summed E-state index contributed by atoms with van der Waals surface area (Å²) in [6.45, 7) is 10.7. The van der Waals surface area contributed by atoms with Gasteiger partial charge in [-0.15, -0.1) is 0 Å². The van der Waals surface area contributed by atoms with Crippen LogP contribution in [0.3, 0.4) is 0 Å². The number of Topliss-reactive ketones (excluding diaryl/α,β-unsaturated/α-hetero) is 1. The van der Waals surface area contributed by atoms with Crippen molar-refractivity contribution in [1.29, 1.82) is 0 Å². The number of carbonyl (C=O) groups excluding carboxylic acids is 3. The van der Waals surface area contributed by atoms with Crippen molar-refractivity contribution in [3.8, 4) is 5.75 Å². The first-order chi connectivity index (χ1) is 21.0. The molecule has 2 heterocycles. The van der Waals surface area contributed by atoms with Gasteiger partial charge in [0, 0.05) is 43.0 Å². The average molecular weight is 609 g/mol. The lowest BCUT2D eigenvalue weighted by Gasteiger charge is -2.35. The zero-order chi connectivity index (χ0) is 32.0. The topological polar surface area (TPSA) is 120 Å². The first kappa shape index (κ1) is 33.3. The molecule has 44 heavy (non-hydrogen) atoms. The van der Waals surface area contributed by atoms with E-state index < -0.39 is 11.5 Å². The standard InChI is InChI=1S/C24H28FN3O3.C10H17NO2/c1-15(2)26-13-19(29)14-31-22-6-4-3-5-21(22)28-23(30)11-17-8-7-16-9-10-18(25)12-20(16)24(17)27-28;1-4-10(5-2)8(12)7(3)6-11-9(10)13/h3-6,9-10,12,15,17,19,26,29H,7-8,11,13-14H2,1-2H3;7H,4-6H2,1-3H3,(H,11,13)/t;7-/m.1/s1. The summed E-state index contributed by atoms with van der Waals surface area (Å²) in [4.78, 5) is 36.4. The van der Waals surface area contributed by atoms with Gasteiger partial charge in [-0.1, -0.05) is 52.8 Å². The largest absolute Gasteiger partial charge is 0.489 e. The van der Waals surface area contributed by atoms with Gasteiger partial charge in [0.05, 0.1) is 5.71 Å². The van der Waals surface area contributed by atoms with E-state index in [1.165, 1.54) is 17.1 Å². The Hall–Kier alpha value is -3.63. The van der Waals surface area contributed by atoms with Crippen molar-refractivity contribution < 1.29 is 28.6 Å². The van der Waals surface area contributed by atoms with Crippen LogP contribution in [0.5, 0.6) is 5.75 Å². The second-order valence-corrected chi connectivity index (χ2v) is 12.2. The minimum Gasteiger partial charge on any atom is -0.489 e. The summed E-state index contributed by atoms with van der Waals surface area (Å²) in [7, 11) is 0. The quantitative estimate of drug-likeness (QED) is 0.363. The fraction of sp³-hybridized carbons (Fsp3) is 0.529. The monoisotopic (exact) mass is 608 g/mol.